The van der Waals surface area contributed by atoms with Gasteiger partial charge in [0.2, 0.25) is 0 Å². The fraction of sp³-hybridized carbons (Fsp3) is 0.158. The van der Waals surface area contributed by atoms with Crippen molar-refractivity contribution < 1.29 is 4.79 Å². The van der Waals surface area contributed by atoms with Crippen molar-refractivity contribution in [2.24, 2.45) is 0 Å². The summed E-state index contributed by atoms with van der Waals surface area (Å²) in [7, 11) is 0. The van der Waals surface area contributed by atoms with Crippen molar-refractivity contribution in [3.8, 4) is 0 Å². The molecule has 0 bridgehead atoms. The molecule has 4 nitrogen and oxygen atoms in total. The zero-order chi connectivity index (χ0) is 18.0. The molecule has 0 fully saturated rings. The molecule has 0 radical (unpaired) electrons. The van der Waals surface area contributed by atoms with Gasteiger partial charge in [-0.3, -0.25) is 9.48 Å². The van der Waals surface area contributed by atoms with Crippen molar-refractivity contribution >= 4 is 39.1 Å². The second-order valence-corrected chi connectivity index (χ2v) is 7.08. The highest BCUT2D eigenvalue weighted by Gasteiger charge is 2.16. The number of rotatable bonds is 4. The van der Waals surface area contributed by atoms with Gasteiger partial charge in [-0.25, -0.2) is 0 Å². The molecule has 25 heavy (non-hydrogen) atoms. The van der Waals surface area contributed by atoms with Crippen LogP contribution in [-0.2, 0) is 6.54 Å². The van der Waals surface area contributed by atoms with Crippen LogP contribution >= 0.6 is 27.5 Å². The molecular weight excluding hydrogens is 402 g/mol. The molecule has 128 valence electrons. The average molecular weight is 419 g/mol. The monoisotopic (exact) mass is 417 g/mol. The standard InChI is InChI=1S/C19H17BrClN3O/c1-12-18(22-19(25)14-7-5-8-16(20)10-14)13(2)24(23-12)11-15-6-3-4-9-17(15)21/h3-10H,11H2,1-2H3,(H,22,25). The molecule has 3 aromatic rings. The van der Waals surface area contributed by atoms with E-state index in [9.17, 15) is 4.79 Å². The molecule has 1 heterocycles. The minimum Gasteiger partial charge on any atom is -0.319 e. The van der Waals surface area contributed by atoms with Gasteiger partial charge in [0.15, 0.2) is 0 Å². The maximum Gasteiger partial charge on any atom is 0.255 e. The van der Waals surface area contributed by atoms with Crippen LogP contribution < -0.4 is 5.32 Å². The summed E-state index contributed by atoms with van der Waals surface area (Å²) >= 11 is 9.62. The van der Waals surface area contributed by atoms with Gasteiger partial charge in [-0.15, -0.1) is 0 Å². The first-order valence-corrected chi connectivity index (χ1v) is 8.97. The van der Waals surface area contributed by atoms with Crippen molar-refractivity contribution in [2.75, 3.05) is 5.32 Å². The molecule has 0 spiro atoms. The predicted molar refractivity (Wildman–Crippen MR) is 104 cm³/mol. The first-order valence-electron chi connectivity index (χ1n) is 7.80. The molecule has 3 rings (SSSR count). The van der Waals surface area contributed by atoms with Gasteiger partial charge in [-0.05, 0) is 43.7 Å². The third-order valence-corrected chi connectivity index (χ3v) is 4.85. The summed E-state index contributed by atoms with van der Waals surface area (Å²) in [6.07, 6.45) is 0. The molecule has 0 saturated heterocycles. The number of carbonyl (C=O) groups excluding carboxylic acids is 1. The molecule has 1 amide bonds. The Balaban J connectivity index is 1.85. The van der Waals surface area contributed by atoms with Gasteiger partial charge in [-0.1, -0.05) is 51.8 Å². The molecule has 0 atom stereocenters. The number of hydrogen-bond acceptors (Lipinski definition) is 2. The van der Waals surface area contributed by atoms with Crippen LogP contribution in [0, 0.1) is 13.8 Å². The molecule has 0 aliphatic heterocycles. The van der Waals surface area contributed by atoms with E-state index in [1.54, 1.807) is 12.1 Å². The first kappa shape index (κ1) is 17.7. The van der Waals surface area contributed by atoms with Crippen LogP contribution in [0.15, 0.2) is 53.0 Å². The van der Waals surface area contributed by atoms with E-state index in [0.29, 0.717) is 17.1 Å². The molecule has 0 saturated carbocycles. The van der Waals surface area contributed by atoms with Gasteiger partial charge in [-0.2, -0.15) is 5.10 Å². The zero-order valence-electron chi connectivity index (χ0n) is 13.9. The largest absolute Gasteiger partial charge is 0.319 e. The summed E-state index contributed by atoms with van der Waals surface area (Å²) in [5.41, 5.74) is 3.97. The smallest absolute Gasteiger partial charge is 0.255 e. The maximum atomic E-state index is 12.5. The lowest BCUT2D eigenvalue weighted by Gasteiger charge is -2.08. The lowest BCUT2D eigenvalue weighted by molar-refractivity contribution is 0.102. The predicted octanol–water partition coefficient (Wildman–Crippen LogP) is 5.22. The summed E-state index contributed by atoms with van der Waals surface area (Å²) in [5, 5.41) is 8.22. The van der Waals surface area contributed by atoms with Crippen molar-refractivity contribution in [1.29, 1.82) is 0 Å². The van der Waals surface area contributed by atoms with Crippen molar-refractivity contribution in [1.82, 2.24) is 9.78 Å². The fourth-order valence-electron chi connectivity index (χ4n) is 2.64. The lowest BCUT2D eigenvalue weighted by Crippen LogP contribution is -2.13. The number of anilines is 1. The van der Waals surface area contributed by atoms with Crippen molar-refractivity contribution in [3.63, 3.8) is 0 Å². The molecular formula is C19H17BrClN3O. The highest BCUT2D eigenvalue weighted by Crippen LogP contribution is 2.23. The van der Waals surface area contributed by atoms with E-state index in [4.69, 9.17) is 11.6 Å². The second kappa shape index (κ2) is 7.42. The fourth-order valence-corrected chi connectivity index (χ4v) is 3.23. The Hall–Kier alpha value is -2.11. The number of nitrogens with one attached hydrogen (secondary N) is 1. The summed E-state index contributed by atoms with van der Waals surface area (Å²) in [6.45, 7) is 4.37. The van der Waals surface area contributed by atoms with Gasteiger partial charge < -0.3 is 5.32 Å². The number of aryl methyl sites for hydroxylation is 1. The van der Waals surface area contributed by atoms with E-state index in [-0.39, 0.29) is 5.91 Å². The Morgan fingerprint density at radius 3 is 2.68 bits per heavy atom. The van der Waals surface area contributed by atoms with E-state index < -0.39 is 0 Å². The number of hydrogen-bond donors (Lipinski definition) is 1. The summed E-state index contributed by atoms with van der Waals surface area (Å²) in [6, 6.07) is 15.0. The Labute approximate surface area is 159 Å². The Morgan fingerprint density at radius 2 is 1.96 bits per heavy atom. The first-order chi connectivity index (χ1) is 12.0. The molecule has 1 aromatic heterocycles. The highest BCUT2D eigenvalue weighted by atomic mass is 79.9. The number of nitrogens with zero attached hydrogens (tertiary/aromatic N) is 2. The highest BCUT2D eigenvalue weighted by molar-refractivity contribution is 9.10. The number of aromatic nitrogens is 2. The third kappa shape index (κ3) is 3.94. The van der Waals surface area contributed by atoms with Gasteiger partial charge in [0.1, 0.15) is 0 Å². The van der Waals surface area contributed by atoms with Crippen LogP contribution in [-0.4, -0.2) is 15.7 Å². The van der Waals surface area contributed by atoms with E-state index >= 15 is 0 Å². The third-order valence-electron chi connectivity index (χ3n) is 3.98. The molecule has 6 heteroatoms. The van der Waals surface area contributed by atoms with Gasteiger partial charge in [0, 0.05) is 15.1 Å². The van der Waals surface area contributed by atoms with E-state index in [0.717, 1.165) is 27.1 Å². The van der Waals surface area contributed by atoms with E-state index in [1.165, 1.54) is 0 Å². The summed E-state index contributed by atoms with van der Waals surface area (Å²) in [5.74, 6) is -0.162. The van der Waals surface area contributed by atoms with Crippen LogP contribution in [0.25, 0.3) is 0 Å². The van der Waals surface area contributed by atoms with Crippen LogP contribution in [0.1, 0.15) is 27.3 Å². The molecule has 0 unspecified atom stereocenters. The zero-order valence-corrected chi connectivity index (χ0v) is 16.2. The van der Waals surface area contributed by atoms with E-state index in [2.05, 4.69) is 26.3 Å². The number of halogens is 2. The molecule has 0 aliphatic carbocycles. The SMILES string of the molecule is Cc1nn(Cc2ccccc2Cl)c(C)c1NC(=O)c1cccc(Br)c1. The number of benzene rings is 2. The molecule has 0 aliphatic rings. The Bertz CT molecular complexity index is 936. The normalized spacial score (nSPS) is 10.7. The summed E-state index contributed by atoms with van der Waals surface area (Å²) in [4.78, 5) is 12.5. The lowest BCUT2D eigenvalue weighted by atomic mass is 10.2. The van der Waals surface area contributed by atoms with Gasteiger partial charge in [0.25, 0.3) is 5.91 Å². The molecule has 1 N–H and O–H groups in total. The van der Waals surface area contributed by atoms with Gasteiger partial charge in [0.05, 0.1) is 23.6 Å². The van der Waals surface area contributed by atoms with Crippen LogP contribution in [0.2, 0.25) is 5.02 Å². The van der Waals surface area contributed by atoms with Crippen LogP contribution in [0.4, 0.5) is 5.69 Å². The maximum absolute atomic E-state index is 12.5. The van der Waals surface area contributed by atoms with Crippen LogP contribution in [0.5, 0.6) is 0 Å². The Morgan fingerprint density at radius 1 is 1.20 bits per heavy atom. The Kier molecular flexibility index (Phi) is 5.25. The van der Waals surface area contributed by atoms with Crippen LogP contribution in [0.3, 0.4) is 0 Å². The number of amides is 1. The molecule has 2 aromatic carbocycles. The topological polar surface area (TPSA) is 46.9 Å². The second-order valence-electron chi connectivity index (χ2n) is 5.76. The summed E-state index contributed by atoms with van der Waals surface area (Å²) < 4.78 is 2.72. The van der Waals surface area contributed by atoms with E-state index in [1.807, 2.05) is 54.9 Å². The minimum absolute atomic E-state index is 0.162. The number of carbonyl (C=O) groups is 1. The average Bonchev–Trinajstić information content (AvgIpc) is 2.84. The van der Waals surface area contributed by atoms with Crippen molar-refractivity contribution in [2.45, 2.75) is 20.4 Å². The van der Waals surface area contributed by atoms with Crippen molar-refractivity contribution in [3.05, 3.63) is 80.5 Å². The minimum atomic E-state index is -0.162. The van der Waals surface area contributed by atoms with Gasteiger partial charge >= 0.3 is 0 Å². The quantitative estimate of drug-likeness (QED) is 0.631.